The summed E-state index contributed by atoms with van der Waals surface area (Å²) < 4.78 is 0. The van der Waals surface area contributed by atoms with Gasteiger partial charge in [0, 0.05) is 18.4 Å². The molecule has 26 heavy (non-hydrogen) atoms. The number of hydrogen-bond acceptors (Lipinski definition) is 3. The number of para-hydroxylation sites is 1. The number of carbonyl (C=O) groups is 2. The number of hydrogen-bond donors (Lipinski definition) is 2. The molecule has 0 aromatic heterocycles. The maximum atomic E-state index is 10.9. The van der Waals surface area contributed by atoms with Crippen LogP contribution in [0.2, 0.25) is 0 Å². The summed E-state index contributed by atoms with van der Waals surface area (Å²) in [5.74, 6) is -2.91. The van der Waals surface area contributed by atoms with Gasteiger partial charge in [-0.1, -0.05) is 36.4 Å². The van der Waals surface area contributed by atoms with E-state index in [2.05, 4.69) is 23.1 Å². The van der Waals surface area contributed by atoms with Crippen molar-refractivity contribution < 1.29 is 19.8 Å². The first-order chi connectivity index (χ1) is 12.5. The van der Waals surface area contributed by atoms with E-state index in [1.807, 2.05) is 31.3 Å². The van der Waals surface area contributed by atoms with E-state index in [1.54, 1.807) is 6.08 Å². The first-order valence-electron chi connectivity index (χ1n) is 8.27. The smallest absolute Gasteiger partial charge is 0.343 e. The summed E-state index contributed by atoms with van der Waals surface area (Å²) in [6, 6.07) is 14.4. The summed E-state index contributed by atoms with van der Waals surface area (Å²) >= 11 is 0. The molecule has 1 aliphatic heterocycles. The number of nitrogens with zero attached hydrogens (tertiary/aromatic N) is 1. The van der Waals surface area contributed by atoms with E-state index < -0.39 is 17.5 Å². The SMILES string of the molecule is CN1c2ccccc2CCc2cc(/C=C/C=C(C(=O)O)C(=O)O)ccc21. The number of anilines is 2. The Morgan fingerprint density at radius 1 is 0.962 bits per heavy atom. The second-order valence-corrected chi connectivity index (χ2v) is 6.13. The number of carboxylic acid groups (broad SMARTS) is 2. The Hall–Kier alpha value is -3.34. The van der Waals surface area contributed by atoms with Crippen molar-refractivity contribution in [3.8, 4) is 0 Å². The molecule has 0 amide bonds. The molecule has 0 unspecified atom stereocenters. The highest BCUT2D eigenvalue weighted by atomic mass is 16.4. The molecular weight excluding hydrogens is 330 g/mol. The van der Waals surface area contributed by atoms with Crippen molar-refractivity contribution in [1.82, 2.24) is 0 Å². The summed E-state index contributed by atoms with van der Waals surface area (Å²) in [7, 11) is 2.05. The minimum Gasteiger partial charge on any atom is -0.477 e. The van der Waals surface area contributed by atoms with Gasteiger partial charge in [-0.3, -0.25) is 0 Å². The van der Waals surface area contributed by atoms with Crippen LogP contribution in [0.15, 0.2) is 60.2 Å². The van der Waals surface area contributed by atoms with Crippen molar-refractivity contribution in [2.45, 2.75) is 12.8 Å². The number of benzene rings is 2. The lowest BCUT2D eigenvalue weighted by Gasteiger charge is -2.22. The van der Waals surface area contributed by atoms with Crippen LogP contribution in [0.3, 0.4) is 0 Å². The maximum absolute atomic E-state index is 10.9. The van der Waals surface area contributed by atoms with Crippen molar-refractivity contribution in [3.63, 3.8) is 0 Å². The molecule has 0 radical (unpaired) electrons. The standard InChI is InChI=1S/C21H19NO4/c1-22-18-8-3-2-6-15(18)10-11-16-13-14(9-12-19(16)22)5-4-7-17(20(23)24)21(25)26/h2-9,12-13H,10-11H2,1H3,(H,23,24)(H,25,26)/b5-4+. The van der Waals surface area contributed by atoms with E-state index >= 15 is 0 Å². The van der Waals surface area contributed by atoms with Crippen LogP contribution in [0.5, 0.6) is 0 Å². The maximum Gasteiger partial charge on any atom is 0.343 e. The zero-order valence-electron chi connectivity index (χ0n) is 14.3. The zero-order valence-corrected chi connectivity index (χ0v) is 14.3. The van der Waals surface area contributed by atoms with E-state index in [0.717, 1.165) is 30.2 Å². The van der Waals surface area contributed by atoms with Crippen LogP contribution >= 0.6 is 0 Å². The molecule has 0 spiro atoms. The minimum absolute atomic E-state index is 0.661. The highest BCUT2D eigenvalue weighted by molar-refractivity contribution is 6.12. The molecule has 1 aliphatic rings. The monoisotopic (exact) mass is 349 g/mol. The predicted molar refractivity (Wildman–Crippen MR) is 101 cm³/mol. The van der Waals surface area contributed by atoms with Crippen LogP contribution in [0, 0.1) is 0 Å². The molecule has 2 aromatic carbocycles. The van der Waals surface area contributed by atoms with Gasteiger partial charge in [0.15, 0.2) is 0 Å². The number of carboxylic acids is 2. The fraction of sp³-hybridized carbons (Fsp3) is 0.143. The van der Waals surface area contributed by atoms with Crippen molar-refractivity contribution in [2.75, 3.05) is 11.9 Å². The third-order valence-electron chi connectivity index (χ3n) is 4.49. The van der Waals surface area contributed by atoms with Gasteiger partial charge >= 0.3 is 11.9 Å². The Balaban J connectivity index is 1.89. The van der Waals surface area contributed by atoms with Gasteiger partial charge in [0.2, 0.25) is 0 Å². The van der Waals surface area contributed by atoms with E-state index in [-0.39, 0.29) is 0 Å². The molecule has 0 saturated heterocycles. The number of fused-ring (bicyclic) bond motifs is 2. The highest BCUT2D eigenvalue weighted by Crippen LogP contribution is 2.35. The average molecular weight is 349 g/mol. The number of allylic oxidation sites excluding steroid dienone is 2. The molecular formula is C21H19NO4. The molecule has 2 aromatic rings. The van der Waals surface area contributed by atoms with Gasteiger partial charge in [0.1, 0.15) is 5.57 Å². The Kier molecular flexibility index (Phi) is 4.89. The first kappa shape index (κ1) is 17.5. The van der Waals surface area contributed by atoms with Gasteiger partial charge < -0.3 is 15.1 Å². The summed E-state index contributed by atoms with van der Waals surface area (Å²) in [4.78, 5) is 23.9. The predicted octanol–water partition coefficient (Wildman–Crippen LogP) is 3.66. The lowest BCUT2D eigenvalue weighted by atomic mass is 10.0. The highest BCUT2D eigenvalue weighted by Gasteiger charge is 2.17. The van der Waals surface area contributed by atoms with Crippen LogP contribution in [0.4, 0.5) is 11.4 Å². The molecule has 2 N–H and O–H groups in total. The second kappa shape index (κ2) is 7.27. The summed E-state index contributed by atoms with van der Waals surface area (Å²) in [5.41, 5.74) is 5.08. The molecule has 132 valence electrons. The van der Waals surface area contributed by atoms with Crippen LogP contribution in [0.25, 0.3) is 6.08 Å². The minimum atomic E-state index is -1.46. The van der Waals surface area contributed by atoms with Gasteiger partial charge in [-0.15, -0.1) is 0 Å². The normalized spacial score (nSPS) is 12.9. The Labute approximate surface area is 151 Å². The molecule has 0 atom stereocenters. The van der Waals surface area contributed by atoms with Gasteiger partial charge in [0.25, 0.3) is 0 Å². The average Bonchev–Trinajstić information content (AvgIpc) is 2.75. The molecule has 0 fully saturated rings. The van der Waals surface area contributed by atoms with Crippen molar-refractivity contribution in [3.05, 3.63) is 76.9 Å². The Morgan fingerprint density at radius 2 is 1.62 bits per heavy atom. The molecule has 0 aliphatic carbocycles. The summed E-state index contributed by atoms with van der Waals surface area (Å²) in [5, 5.41) is 17.7. The van der Waals surface area contributed by atoms with Crippen molar-refractivity contribution in [1.29, 1.82) is 0 Å². The van der Waals surface area contributed by atoms with Gasteiger partial charge in [0.05, 0.1) is 0 Å². The Bertz CT molecular complexity index is 911. The second-order valence-electron chi connectivity index (χ2n) is 6.13. The van der Waals surface area contributed by atoms with Crippen LogP contribution in [0.1, 0.15) is 16.7 Å². The lowest BCUT2D eigenvalue weighted by Crippen LogP contribution is -2.11. The summed E-state index contributed by atoms with van der Waals surface area (Å²) in [6.07, 6.45) is 6.11. The van der Waals surface area contributed by atoms with Crippen LogP contribution < -0.4 is 4.90 Å². The Morgan fingerprint density at radius 3 is 2.35 bits per heavy atom. The van der Waals surface area contributed by atoms with E-state index in [9.17, 15) is 9.59 Å². The van der Waals surface area contributed by atoms with Gasteiger partial charge in [-0.2, -0.15) is 0 Å². The topological polar surface area (TPSA) is 77.8 Å². The molecule has 3 rings (SSSR count). The number of aliphatic carboxylic acids is 2. The van der Waals surface area contributed by atoms with Gasteiger partial charge in [-0.05, 0) is 53.8 Å². The molecule has 0 saturated carbocycles. The van der Waals surface area contributed by atoms with E-state index in [0.29, 0.717) is 0 Å². The molecule has 1 heterocycles. The third-order valence-corrected chi connectivity index (χ3v) is 4.49. The molecule has 0 bridgehead atoms. The lowest BCUT2D eigenvalue weighted by molar-refractivity contribution is -0.140. The quantitative estimate of drug-likeness (QED) is 0.381. The zero-order chi connectivity index (χ0) is 18.7. The fourth-order valence-corrected chi connectivity index (χ4v) is 3.17. The third kappa shape index (κ3) is 3.52. The summed E-state index contributed by atoms with van der Waals surface area (Å²) in [6.45, 7) is 0. The largest absolute Gasteiger partial charge is 0.477 e. The molecule has 5 nitrogen and oxygen atoms in total. The number of rotatable bonds is 4. The molecule has 5 heteroatoms. The van der Waals surface area contributed by atoms with E-state index in [4.69, 9.17) is 10.2 Å². The fourth-order valence-electron chi connectivity index (χ4n) is 3.17. The van der Waals surface area contributed by atoms with Crippen LogP contribution in [-0.4, -0.2) is 29.2 Å². The first-order valence-corrected chi connectivity index (χ1v) is 8.27. The van der Waals surface area contributed by atoms with Crippen LogP contribution in [-0.2, 0) is 22.4 Å². The van der Waals surface area contributed by atoms with Crippen molar-refractivity contribution in [2.24, 2.45) is 0 Å². The number of aryl methyl sites for hydroxylation is 2. The van der Waals surface area contributed by atoms with Gasteiger partial charge in [-0.25, -0.2) is 9.59 Å². The van der Waals surface area contributed by atoms with Crippen molar-refractivity contribution >= 4 is 29.4 Å². The van der Waals surface area contributed by atoms with E-state index in [1.165, 1.54) is 22.9 Å².